The molecule has 0 fully saturated rings. The smallest absolute Gasteiger partial charge is 0.166 e. The number of halogens is 3. The first kappa shape index (κ1) is 10.3. The zero-order valence-electron chi connectivity index (χ0n) is 6.41. The molecule has 0 aliphatic rings. The van der Waals surface area contributed by atoms with Gasteiger partial charge in [-0.05, 0) is 12.8 Å². The summed E-state index contributed by atoms with van der Waals surface area (Å²) in [4.78, 5) is 0. The van der Waals surface area contributed by atoms with Crippen molar-refractivity contribution in [3.63, 3.8) is 0 Å². The Balaban J connectivity index is 4.34. The molecule has 0 aromatic heterocycles. The minimum absolute atomic E-state index is 0.0999. The Morgan fingerprint density at radius 3 is 2.27 bits per heavy atom. The highest BCUT2D eigenvalue weighted by molar-refractivity contribution is 5.11. The molecule has 0 atom stereocenters. The van der Waals surface area contributed by atoms with E-state index in [2.05, 4.69) is 6.58 Å². The molecule has 0 radical (unpaired) electrons. The summed E-state index contributed by atoms with van der Waals surface area (Å²) < 4.78 is 35.9. The molecule has 0 nitrogen and oxygen atoms in total. The van der Waals surface area contributed by atoms with Crippen LogP contribution < -0.4 is 0 Å². The molecule has 0 aromatic carbocycles. The van der Waals surface area contributed by atoms with Crippen molar-refractivity contribution in [1.29, 1.82) is 0 Å². The van der Waals surface area contributed by atoms with Crippen LogP contribution in [0.25, 0.3) is 0 Å². The second kappa shape index (κ2) is 4.21. The largest absolute Gasteiger partial charge is 0.412 e. The summed E-state index contributed by atoms with van der Waals surface area (Å²) in [7, 11) is 0. The monoisotopic (exact) mass is 164 g/mol. The predicted molar refractivity (Wildman–Crippen MR) is 39.2 cm³/mol. The quantitative estimate of drug-likeness (QED) is 0.560. The highest BCUT2D eigenvalue weighted by Crippen LogP contribution is 2.28. The van der Waals surface area contributed by atoms with E-state index in [1.807, 2.05) is 0 Å². The third kappa shape index (κ3) is 3.86. The zero-order chi connectivity index (χ0) is 8.91. The van der Waals surface area contributed by atoms with Gasteiger partial charge in [-0.3, -0.25) is 0 Å². The lowest BCUT2D eigenvalue weighted by Gasteiger charge is -2.08. The summed E-state index contributed by atoms with van der Waals surface area (Å²) in [5.41, 5.74) is -0.505. The lowest BCUT2D eigenvalue weighted by Crippen LogP contribution is -2.11. The minimum Gasteiger partial charge on any atom is -0.166 e. The summed E-state index contributed by atoms with van der Waals surface area (Å²) >= 11 is 0. The van der Waals surface area contributed by atoms with Crippen LogP contribution in [0, 0.1) is 0 Å². The number of hydrogen-bond donors (Lipinski definition) is 0. The Kier molecular flexibility index (Phi) is 3.93. The standard InChI is InChI=1S/C8H11F3/c1-3-5-7(6-4-2)8(9,10)11/h3,6H,1,4-5H2,2H3. The van der Waals surface area contributed by atoms with E-state index < -0.39 is 11.7 Å². The second-order valence-corrected chi connectivity index (χ2v) is 2.13. The Morgan fingerprint density at radius 1 is 1.45 bits per heavy atom. The molecule has 0 saturated heterocycles. The lowest BCUT2D eigenvalue weighted by atomic mass is 10.1. The van der Waals surface area contributed by atoms with Crippen molar-refractivity contribution >= 4 is 0 Å². The van der Waals surface area contributed by atoms with Gasteiger partial charge in [0.2, 0.25) is 0 Å². The van der Waals surface area contributed by atoms with E-state index in [-0.39, 0.29) is 6.42 Å². The molecular formula is C8H11F3. The summed E-state index contributed by atoms with van der Waals surface area (Å²) in [6, 6.07) is 0. The van der Waals surface area contributed by atoms with Gasteiger partial charge in [0.1, 0.15) is 0 Å². The molecule has 0 aromatic rings. The molecule has 0 aliphatic carbocycles. The Morgan fingerprint density at radius 2 is 2.00 bits per heavy atom. The fourth-order valence-electron chi connectivity index (χ4n) is 0.717. The predicted octanol–water partition coefficient (Wildman–Crippen LogP) is 3.46. The van der Waals surface area contributed by atoms with Gasteiger partial charge >= 0.3 is 6.18 Å². The molecule has 0 saturated carbocycles. The van der Waals surface area contributed by atoms with Gasteiger partial charge in [0, 0.05) is 5.57 Å². The highest BCUT2D eigenvalue weighted by Gasteiger charge is 2.31. The second-order valence-electron chi connectivity index (χ2n) is 2.13. The van der Waals surface area contributed by atoms with Crippen LogP contribution in [0.2, 0.25) is 0 Å². The van der Waals surface area contributed by atoms with Crippen LogP contribution in [0.15, 0.2) is 24.3 Å². The number of hydrogen-bond acceptors (Lipinski definition) is 0. The summed E-state index contributed by atoms with van der Waals surface area (Å²) in [5.74, 6) is 0. The third-order valence-electron chi connectivity index (χ3n) is 1.18. The fourth-order valence-corrected chi connectivity index (χ4v) is 0.717. The zero-order valence-corrected chi connectivity index (χ0v) is 6.41. The number of allylic oxidation sites excluding steroid dienone is 3. The van der Waals surface area contributed by atoms with Crippen molar-refractivity contribution < 1.29 is 13.2 Å². The van der Waals surface area contributed by atoms with Gasteiger partial charge in [0.15, 0.2) is 0 Å². The van der Waals surface area contributed by atoms with Crippen LogP contribution in [0.5, 0.6) is 0 Å². The van der Waals surface area contributed by atoms with Crippen molar-refractivity contribution in [3.05, 3.63) is 24.3 Å². The Bertz CT molecular complexity index is 153. The summed E-state index contributed by atoms with van der Waals surface area (Å²) in [6.45, 7) is 4.93. The van der Waals surface area contributed by atoms with Gasteiger partial charge < -0.3 is 0 Å². The van der Waals surface area contributed by atoms with Crippen molar-refractivity contribution in [2.45, 2.75) is 25.9 Å². The van der Waals surface area contributed by atoms with Crippen molar-refractivity contribution in [2.24, 2.45) is 0 Å². The normalized spacial score (nSPS) is 13.3. The van der Waals surface area contributed by atoms with Crippen LogP contribution >= 0.6 is 0 Å². The fraction of sp³-hybridized carbons (Fsp3) is 0.500. The third-order valence-corrected chi connectivity index (χ3v) is 1.18. The topological polar surface area (TPSA) is 0 Å². The van der Waals surface area contributed by atoms with E-state index in [0.717, 1.165) is 0 Å². The molecule has 0 spiro atoms. The molecule has 0 aliphatic heterocycles. The molecule has 11 heavy (non-hydrogen) atoms. The number of alkyl halides is 3. The maximum Gasteiger partial charge on any atom is 0.412 e. The van der Waals surface area contributed by atoms with Gasteiger partial charge in [-0.25, -0.2) is 0 Å². The van der Waals surface area contributed by atoms with E-state index in [4.69, 9.17) is 0 Å². The van der Waals surface area contributed by atoms with E-state index in [1.54, 1.807) is 6.92 Å². The first-order chi connectivity index (χ1) is 5.02. The van der Waals surface area contributed by atoms with Gasteiger partial charge in [0.05, 0.1) is 0 Å². The summed E-state index contributed by atoms with van der Waals surface area (Å²) in [6.07, 6.45) is -1.44. The molecule has 0 amide bonds. The first-order valence-electron chi connectivity index (χ1n) is 3.39. The lowest BCUT2D eigenvalue weighted by molar-refractivity contribution is -0.0931. The average Bonchev–Trinajstić information content (AvgIpc) is 1.85. The van der Waals surface area contributed by atoms with E-state index in [0.29, 0.717) is 6.42 Å². The minimum atomic E-state index is -4.19. The molecule has 0 unspecified atom stereocenters. The summed E-state index contributed by atoms with van der Waals surface area (Å²) in [5, 5.41) is 0. The molecule has 0 rings (SSSR count). The van der Waals surface area contributed by atoms with Crippen molar-refractivity contribution in [3.8, 4) is 0 Å². The average molecular weight is 164 g/mol. The Labute approximate surface area is 64.4 Å². The van der Waals surface area contributed by atoms with Crippen molar-refractivity contribution in [1.82, 2.24) is 0 Å². The Hall–Kier alpha value is -0.730. The van der Waals surface area contributed by atoms with Gasteiger partial charge in [-0.15, -0.1) is 6.58 Å². The van der Waals surface area contributed by atoms with E-state index >= 15 is 0 Å². The van der Waals surface area contributed by atoms with Gasteiger partial charge in [0.25, 0.3) is 0 Å². The van der Waals surface area contributed by atoms with Crippen molar-refractivity contribution in [2.75, 3.05) is 0 Å². The SMILES string of the molecule is C=CCC(=CCC)C(F)(F)F. The van der Waals surface area contributed by atoms with E-state index in [9.17, 15) is 13.2 Å². The van der Waals surface area contributed by atoms with Gasteiger partial charge in [-0.2, -0.15) is 13.2 Å². The van der Waals surface area contributed by atoms with Crippen LogP contribution in [-0.4, -0.2) is 6.18 Å². The maximum atomic E-state index is 12.0. The van der Waals surface area contributed by atoms with Crippen LogP contribution in [0.4, 0.5) is 13.2 Å². The number of rotatable bonds is 3. The van der Waals surface area contributed by atoms with Crippen LogP contribution in [0.3, 0.4) is 0 Å². The molecule has 0 heterocycles. The van der Waals surface area contributed by atoms with E-state index in [1.165, 1.54) is 12.2 Å². The molecule has 0 bridgehead atoms. The first-order valence-corrected chi connectivity index (χ1v) is 3.39. The highest BCUT2D eigenvalue weighted by atomic mass is 19.4. The molecule has 64 valence electrons. The molecule has 0 N–H and O–H groups in total. The van der Waals surface area contributed by atoms with Crippen LogP contribution in [-0.2, 0) is 0 Å². The molecular weight excluding hydrogens is 153 g/mol. The molecule has 3 heteroatoms. The van der Waals surface area contributed by atoms with Gasteiger partial charge in [-0.1, -0.05) is 19.1 Å². The maximum absolute atomic E-state index is 12.0. The van der Waals surface area contributed by atoms with Crippen LogP contribution in [0.1, 0.15) is 19.8 Å².